The van der Waals surface area contributed by atoms with Crippen molar-refractivity contribution in [1.82, 2.24) is 0 Å². The van der Waals surface area contributed by atoms with Crippen LogP contribution in [-0.2, 0) is 4.57 Å². The van der Waals surface area contributed by atoms with E-state index >= 15 is 0 Å². The summed E-state index contributed by atoms with van der Waals surface area (Å²) in [5, 5.41) is 20.0. The Bertz CT molecular complexity index is 308. The summed E-state index contributed by atoms with van der Waals surface area (Å²) in [6, 6.07) is 0. The van der Waals surface area contributed by atoms with Crippen LogP contribution >= 0.6 is 7.37 Å². The smallest absolute Gasteiger partial charge is 0.255 e. The minimum Gasteiger partial charge on any atom is -0.383 e. The first-order valence-corrected chi connectivity index (χ1v) is 12.4. The van der Waals surface area contributed by atoms with Gasteiger partial charge in [0.15, 0.2) is 0 Å². The third kappa shape index (κ3) is 13.0. The fourth-order valence-corrected chi connectivity index (χ4v) is 4.64. The van der Waals surface area contributed by atoms with Crippen molar-refractivity contribution >= 4 is 7.37 Å². The van der Waals surface area contributed by atoms with Crippen LogP contribution in [0.15, 0.2) is 0 Å². The highest BCUT2D eigenvalue weighted by atomic mass is 31.2. The van der Waals surface area contributed by atoms with Crippen molar-refractivity contribution in [3.8, 4) is 0 Å². The number of rotatable bonds is 18. The summed E-state index contributed by atoms with van der Waals surface area (Å²) in [6.45, 7) is 4.37. The zero-order valence-electron chi connectivity index (χ0n) is 16.7. The molecule has 0 aliphatic heterocycles. The average molecular weight is 379 g/mol. The van der Waals surface area contributed by atoms with Gasteiger partial charge >= 0.3 is 0 Å². The van der Waals surface area contributed by atoms with E-state index in [0.29, 0.717) is 12.8 Å². The van der Waals surface area contributed by atoms with Crippen LogP contribution in [0, 0.1) is 0 Å². The minimum absolute atomic E-state index is 0.315. The molecule has 0 fully saturated rings. The Balaban J connectivity index is 3.80. The Morgan fingerprint density at radius 1 is 0.600 bits per heavy atom. The lowest BCUT2D eigenvalue weighted by Crippen LogP contribution is -2.18. The van der Waals surface area contributed by atoms with Gasteiger partial charge in [-0.1, -0.05) is 104 Å². The Labute approximate surface area is 155 Å². The van der Waals surface area contributed by atoms with Crippen molar-refractivity contribution in [2.45, 2.75) is 128 Å². The third-order valence-corrected chi connectivity index (χ3v) is 7.21. The van der Waals surface area contributed by atoms with E-state index in [9.17, 15) is 19.7 Å². The molecule has 0 aliphatic carbocycles. The molecule has 0 aromatic heterocycles. The van der Waals surface area contributed by atoms with E-state index in [1.165, 1.54) is 51.4 Å². The lowest BCUT2D eigenvalue weighted by molar-refractivity contribution is 0.169. The van der Waals surface area contributed by atoms with Crippen molar-refractivity contribution in [3.05, 3.63) is 0 Å². The van der Waals surface area contributed by atoms with Crippen LogP contribution in [0.2, 0.25) is 0 Å². The quantitative estimate of drug-likeness (QED) is 0.197. The lowest BCUT2D eigenvalue weighted by atomic mass is 10.1. The van der Waals surface area contributed by atoms with Crippen LogP contribution in [0.4, 0.5) is 0 Å². The summed E-state index contributed by atoms with van der Waals surface area (Å²) in [4.78, 5) is 10.1. The Morgan fingerprint density at radius 2 is 0.880 bits per heavy atom. The van der Waals surface area contributed by atoms with E-state index in [1.807, 2.05) is 0 Å². The molecule has 3 N–H and O–H groups in total. The summed E-state index contributed by atoms with van der Waals surface area (Å²) in [6.07, 6.45) is 16.2. The van der Waals surface area contributed by atoms with Gasteiger partial charge in [0.1, 0.15) is 11.7 Å². The number of hydrogen-bond acceptors (Lipinski definition) is 3. The summed E-state index contributed by atoms with van der Waals surface area (Å²) in [5.74, 6) is -2.55. The first-order valence-electron chi connectivity index (χ1n) is 10.6. The van der Waals surface area contributed by atoms with Crippen LogP contribution in [0.5, 0.6) is 0 Å². The van der Waals surface area contributed by atoms with Gasteiger partial charge in [-0.05, 0) is 12.8 Å². The molecule has 0 bridgehead atoms. The second-order valence-electron chi connectivity index (χ2n) is 7.45. The van der Waals surface area contributed by atoms with Crippen molar-refractivity contribution in [1.29, 1.82) is 0 Å². The molecule has 0 spiro atoms. The molecule has 0 aliphatic rings. The van der Waals surface area contributed by atoms with E-state index < -0.39 is 19.1 Å². The first kappa shape index (κ1) is 25.1. The number of aliphatic hydroxyl groups excluding tert-OH is 2. The van der Waals surface area contributed by atoms with Crippen molar-refractivity contribution < 1.29 is 19.7 Å². The van der Waals surface area contributed by atoms with Crippen LogP contribution in [0.3, 0.4) is 0 Å². The van der Waals surface area contributed by atoms with Gasteiger partial charge in [0, 0.05) is 0 Å². The summed E-state index contributed by atoms with van der Waals surface area (Å²) >= 11 is 0. The van der Waals surface area contributed by atoms with Gasteiger partial charge in [-0.15, -0.1) is 0 Å². The van der Waals surface area contributed by atoms with E-state index in [2.05, 4.69) is 13.8 Å². The van der Waals surface area contributed by atoms with Gasteiger partial charge in [0.2, 0.25) is 0 Å². The van der Waals surface area contributed by atoms with Crippen LogP contribution in [0.1, 0.15) is 117 Å². The molecule has 0 radical (unpaired) electrons. The minimum atomic E-state index is -3.90. The lowest BCUT2D eigenvalue weighted by Gasteiger charge is -2.23. The topological polar surface area (TPSA) is 77.8 Å². The molecule has 2 atom stereocenters. The monoisotopic (exact) mass is 378 g/mol. The maximum absolute atomic E-state index is 12.3. The Hall–Kier alpha value is 0.110. The molecule has 0 aromatic carbocycles. The zero-order valence-corrected chi connectivity index (χ0v) is 17.6. The Morgan fingerprint density at radius 3 is 1.20 bits per heavy atom. The summed E-state index contributed by atoms with van der Waals surface area (Å²) in [5.41, 5.74) is 0. The maximum atomic E-state index is 12.3. The van der Waals surface area contributed by atoms with Crippen LogP contribution in [-0.4, -0.2) is 26.8 Å². The molecular weight excluding hydrogens is 335 g/mol. The van der Waals surface area contributed by atoms with E-state index in [-0.39, 0.29) is 0 Å². The normalized spacial score (nSPS) is 16.5. The number of aliphatic hydroxyl groups is 2. The first-order chi connectivity index (χ1) is 12.0. The van der Waals surface area contributed by atoms with E-state index in [0.717, 1.165) is 38.5 Å². The molecule has 0 saturated heterocycles. The second kappa shape index (κ2) is 16.3. The molecule has 0 rings (SSSR count). The molecule has 0 saturated carbocycles. The highest BCUT2D eigenvalue weighted by Crippen LogP contribution is 2.52. The molecule has 5 heteroatoms. The molecule has 152 valence electrons. The highest BCUT2D eigenvalue weighted by Gasteiger charge is 2.36. The molecular formula is C20H43O4P. The van der Waals surface area contributed by atoms with E-state index in [4.69, 9.17) is 0 Å². The van der Waals surface area contributed by atoms with Gasteiger partial charge in [0.25, 0.3) is 7.37 Å². The average Bonchev–Trinajstić information content (AvgIpc) is 2.59. The molecule has 0 amide bonds. The molecule has 4 nitrogen and oxygen atoms in total. The Kier molecular flexibility index (Phi) is 16.4. The summed E-state index contributed by atoms with van der Waals surface area (Å²) in [7, 11) is -3.90. The highest BCUT2D eigenvalue weighted by molar-refractivity contribution is 7.59. The van der Waals surface area contributed by atoms with Crippen molar-refractivity contribution in [2.75, 3.05) is 0 Å². The van der Waals surface area contributed by atoms with Gasteiger partial charge in [-0.25, -0.2) is 0 Å². The summed E-state index contributed by atoms with van der Waals surface area (Å²) < 4.78 is 12.3. The second-order valence-corrected chi connectivity index (χ2v) is 9.99. The maximum Gasteiger partial charge on any atom is 0.255 e. The van der Waals surface area contributed by atoms with Gasteiger partial charge in [-0.2, -0.15) is 0 Å². The molecule has 2 unspecified atom stereocenters. The van der Waals surface area contributed by atoms with E-state index in [1.54, 1.807) is 0 Å². The SMILES string of the molecule is CCCCCCCCCC(O)P(=O)(O)C(O)CCCCCCCCC. The van der Waals surface area contributed by atoms with Crippen LogP contribution in [0.25, 0.3) is 0 Å². The van der Waals surface area contributed by atoms with Gasteiger partial charge in [0.05, 0.1) is 0 Å². The number of unbranched alkanes of at least 4 members (excludes halogenated alkanes) is 12. The molecule has 0 heterocycles. The molecule has 25 heavy (non-hydrogen) atoms. The van der Waals surface area contributed by atoms with Crippen molar-refractivity contribution in [2.24, 2.45) is 0 Å². The fraction of sp³-hybridized carbons (Fsp3) is 1.00. The largest absolute Gasteiger partial charge is 0.383 e. The number of hydrogen-bond donors (Lipinski definition) is 3. The predicted octanol–water partition coefficient (Wildman–Crippen LogP) is 6.18. The van der Waals surface area contributed by atoms with Crippen LogP contribution < -0.4 is 0 Å². The standard InChI is InChI=1S/C20H43O4P/c1-3-5-7-9-11-13-15-17-19(21)25(23,24)20(22)18-16-14-12-10-8-6-4-2/h19-22H,3-18H2,1-2H3,(H,23,24). The fourth-order valence-electron chi connectivity index (χ4n) is 3.14. The third-order valence-electron chi connectivity index (χ3n) is 4.99. The predicted molar refractivity (Wildman–Crippen MR) is 107 cm³/mol. The van der Waals surface area contributed by atoms with Gasteiger partial charge in [-0.3, -0.25) is 4.57 Å². The van der Waals surface area contributed by atoms with Gasteiger partial charge < -0.3 is 15.1 Å². The van der Waals surface area contributed by atoms with Crippen molar-refractivity contribution in [3.63, 3.8) is 0 Å². The molecule has 0 aromatic rings. The zero-order chi connectivity index (χ0) is 19.0.